The molecule has 0 aromatic rings. The van der Waals surface area contributed by atoms with Gasteiger partial charge in [0.15, 0.2) is 0 Å². The summed E-state index contributed by atoms with van der Waals surface area (Å²) < 4.78 is 0. The highest BCUT2D eigenvalue weighted by Gasteiger charge is 2.15. The standard InChI is InChI=1S/C13H29NO/c1-5-13(4,15)11-9-8-10-12-14(6-2)7-3/h15H,5-12H2,1-4H3. The van der Waals surface area contributed by atoms with Crippen LogP contribution in [0.2, 0.25) is 0 Å². The Bertz CT molecular complexity index is 141. The predicted molar refractivity (Wildman–Crippen MR) is 67.2 cm³/mol. The molecule has 0 saturated carbocycles. The van der Waals surface area contributed by atoms with E-state index in [4.69, 9.17) is 0 Å². The first-order valence-corrected chi connectivity index (χ1v) is 6.50. The number of hydrogen-bond donors (Lipinski definition) is 1. The first-order valence-electron chi connectivity index (χ1n) is 6.50. The van der Waals surface area contributed by atoms with Crippen molar-refractivity contribution in [2.45, 2.75) is 65.4 Å². The van der Waals surface area contributed by atoms with Crippen molar-refractivity contribution in [2.24, 2.45) is 0 Å². The fraction of sp³-hybridized carbons (Fsp3) is 1.00. The smallest absolute Gasteiger partial charge is 0.0617 e. The van der Waals surface area contributed by atoms with Crippen molar-refractivity contribution < 1.29 is 5.11 Å². The van der Waals surface area contributed by atoms with Crippen molar-refractivity contribution in [1.82, 2.24) is 4.90 Å². The van der Waals surface area contributed by atoms with Crippen molar-refractivity contribution in [3.05, 3.63) is 0 Å². The molecule has 0 aromatic carbocycles. The van der Waals surface area contributed by atoms with Crippen molar-refractivity contribution >= 4 is 0 Å². The Labute approximate surface area is 95.7 Å². The summed E-state index contributed by atoms with van der Waals surface area (Å²) in [4.78, 5) is 2.46. The molecular weight excluding hydrogens is 186 g/mol. The molecule has 0 radical (unpaired) electrons. The summed E-state index contributed by atoms with van der Waals surface area (Å²) in [6.45, 7) is 11.9. The van der Waals surface area contributed by atoms with Crippen molar-refractivity contribution in [2.75, 3.05) is 19.6 Å². The van der Waals surface area contributed by atoms with Crippen LogP contribution in [-0.2, 0) is 0 Å². The van der Waals surface area contributed by atoms with Gasteiger partial charge in [0.25, 0.3) is 0 Å². The second-order valence-corrected chi connectivity index (χ2v) is 4.69. The highest BCUT2D eigenvalue weighted by atomic mass is 16.3. The van der Waals surface area contributed by atoms with Gasteiger partial charge >= 0.3 is 0 Å². The average molecular weight is 215 g/mol. The second-order valence-electron chi connectivity index (χ2n) is 4.69. The molecule has 0 rings (SSSR count). The van der Waals surface area contributed by atoms with Crippen LogP contribution in [-0.4, -0.2) is 35.2 Å². The lowest BCUT2D eigenvalue weighted by Crippen LogP contribution is -2.24. The van der Waals surface area contributed by atoms with Crippen molar-refractivity contribution in [1.29, 1.82) is 0 Å². The largest absolute Gasteiger partial charge is 0.390 e. The predicted octanol–water partition coefficient (Wildman–Crippen LogP) is 3.05. The zero-order chi connectivity index (χ0) is 11.7. The summed E-state index contributed by atoms with van der Waals surface area (Å²) in [7, 11) is 0. The van der Waals surface area contributed by atoms with Crippen molar-refractivity contribution in [3.63, 3.8) is 0 Å². The molecular formula is C13H29NO. The van der Waals surface area contributed by atoms with E-state index in [0.717, 1.165) is 32.4 Å². The van der Waals surface area contributed by atoms with E-state index >= 15 is 0 Å². The molecule has 15 heavy (non-hydrogen) atoms. The fourth-order valence-electron chi connectivity index (χ4n) is 1.73. The number of nitrogens with zero attached hydrogens (tertiary/aromatic N) is 1. The topological polar surface area (TPSA) is 23.5 Å². The van der Waals surface area contributed by atoms with Gasteiger partial charge in [0.05, 0.1) is 5.60 Å². The van der Waals surface area contributed by atoms with Gasteiger partial charge in [-0.2, -0.15) is 0 Å². The lowest BCUT2D eigenvalue weighted by atomic mass is 9.96. The maximum absolute atomic E-state index is 9.81. The third kappa shape index (κ3) is 7.80. The van der Waals surface area contributed by atoms with Crippen LogP contribution in [0.3, 0.4) is 0 Å². The Morgan fingerprint density at radius 2 is 1.60 bits per heavy atom. The lowest BCUT2D eigenvalue weighted by Gasteiger charge is -2.21. The third-order valence-corrected chi connectivity index (χ3v) is 3.35. The summed E-state index contributed by atoms with van der Waals surface area (Å²) in [5.74, 6) is 0. The third-order valence-electron chi connectivity index (χ3n) is 3.35. The van der Waals surface area contributed by atoms with Crippen LogP contribution in [0.15, 0.2) is 0 Å². The summed E-state index contributed by atoms with van der Waals surface area (Å²) in [6.07, 6.45) is 5.47. The zero-order valence-corrected chi connectivity index (χ0v) is 11.1. The van der Waals surface area contributed by atoms with Crippen LogP contribution in [0.5, 0.6) is 0 Å². The molecule has 1 N–H and O–H groups in total. The maximum atomic E-state index is 9.81. The van der Waals surface area contributed by atoms with E-state index in [2.05, 4.69) is 25.7 Å². The van der Waals surface area contributed by atoms with Crippen LogP contribution < -0.4 is 0 Å². The van der Waals surface area contributed by atoms with Crippen LogP contribution in [0.25, 0.3) is 0 Å². The minimum atomic E-state index is -0.435. The van der Waals surface area contributed by atoms with Gasteiger partial charge in [-0.05, 0) is 45.8 Å². The molecule has 0 fully saturated rings. The lowest BCUT2D eigenvalue weighted by molar-refractivity contribution is 0.0441. The van der Waals surface area contributed by atoms with E-state index < -0.39 is 5.60 Å². The van der Waals surface area contributed by atoms with Crippen LogP contribution in [0.4, 0.5) is 0 Å². The average Bonchev–Trinajstić information content (AvgIpc) is 2.23. The van der Waals surface area contributed by atoms with Crippen LogP contribution in [0, 0.1) is 0 Å². The molecule has 0 spiro atoms. The van der Waals surface area contributed by atoms with Gasteiger partial charge in [0.2, 0.25) is 0 Å². The van der Waals surface area contributed by atoms with Gasteiger partial charge in [-0.15, -0.1) is 0 Å². The normalized spacial score (nSPS) is 15.6. The highest BCUT2D eigenvalue weighted by Crippen LogP contribution is 2.17. The molecule has 0 heterocycles. The summed E-state index contributed by atoms with van der Waals surface area (Å²) >= 11 is 0. The Kier molecular flexibility index (Phi) is 8.07. The van der Waals surface area contributed by atoms with Crippen molar-refractivity contribution in [3.8, 4) is 0 Å². The van der Waals surface area contributed by atoms with Crippen LogP contribution in [0.1, 0.15) is 59.8 Å². The number of aliphatic hydroxyl groups is 1. The first kappa shape index (κ1) is 14.9. The Hall–Kier alpha value is -0.0800. The molecule has 1 atom stereocenters. The first-order chi connectivity index (χ1) is 7.05. The summed E-state index contributed by atoms with van der Waals surface area (Å²) in [5, 5.41) is 9.81. The minimum Gasteiger partial charge on any atom is -0.390 e. The van der Waals surface area contributed by atoms with Gasteiger partial charge in [0.1, 0.15) is 0 Å². The van der Waals surface area contributed by atoms with E-state index in [1.807, 2.05) is 6.92 Å². The van der Waals surface area contributed by atoms with Gasteiger partial charge < -0.3 is 10.0 Å². The fourth-order valence-corrected chi connectivity index (χ4v) is 1.73. The summed E-state index contributed by atoms with van der Waals surface area (Å²) in [5.41, 5.74) is -0.435. The Morgan fingerprint density at radius 3 is 2.07 bits per heavy atom. The SMILES string of the molecule is CCN(CC)CCCCCC(C)(O)CC. The molecule has 0 bridgehead atoms. The maximum Gasteiger partial charge on any atom is 0.0617 e. The van der Waals surface area contributed by atoms with Gasteiger partial charge in [0, 0.05) is 0 Å². The molecule has 0 saturated heterocycles. The molecule has 0 aromatic heterocycles. The zero-order valence-electron chi connectivity index (χ0n) is 11.1. The van der Waals surface area contributed by atoms with Gasteiger partial charge in [-0.25, -0.2) is 0 Å². The molecule has 2 nitrogen and oxygen atoms in total. The monoisotopic (exact) mass is 215 g/mol. The van der Waals surface area contributed by atoms with Gasteiger partial charge in [-0.1, -0.05) is 33.6 Å². The molecule has 2 heteroatoms. The quantitative estimate of drug-likeness (QED) is 0.598. The van der Waals surface area contributed by atoms with Crippen LogP contribution >= 0.6 is 0 Å². The minimum absolute atomic E-state index is 0.435. The molecule has 0 aliphatic heterocycles. The van der Waals surface area contributed by atoms with E-state index in [1.54, 1.807) is 0 Å². The number of unbranched alkanes of at least 4 members (excludes halogenated alkanes) is 2. The number of rotatable bonds is 9. The van der Waals surface area contributed by atoms with E-state index in [0.29, 0.717) is 0 Å². The molecule has 0 aliphatic carbocycles. The molecule has 92 valence electrons. The van der Waals surface area contributed by atoms with E-state index in [-0.39, 0.29) is 0 Å². The molecule has 0 aliphatic rings. The highest BCUT2D eigenvalue weighted by molar-refractivity contribution is 4.69. The summed E-state index contributed by atoms with van der Waals surface area (Å²) in [6, 6.07) is 0. The Morgan fingerprint density at radius 1 is 1.00 bits per heavy atom. The van der Waals surface area contributed by atoms with Gasteiger partial charge in [-0.3, -0.25) is 0 Å². The van der Waals surface area contributed by atoms with E-state index in [1.165, 1.54) is 19.4 Å². The molecule has 1 unspecified atom stereocenters. The van der Waals surface area contributed by atoms with E-state index in [9.17, 15) is 5.11 Å². The number of hydrogen-bond acceptors (Lipinski definition) is 2. The second kappa shape index (κ2) is 8.12. The molecule has 0 amide bonds. The Balaban J connectivity index is 3.39.